The first-order valence-electron chi connectivity index (χ1n) is 6.82. The van der Waals surface area contributed by atoms with Crippen LogP contribution in [0.1, 0.15) is 5.56 Å². The van der Waals surface area contributed by atoms with Gasteiger partial charge in [-0.25, -0.2) is 0 Å². The zero-order valence-electron chi connectivity index (χ0n) is 12.5. The lowest BCUT2D eigenvalue weighted by Gasteiger charge is -2.07. The highest BCUT2D eigenvalue weighted by Crippen LogP contribution is 2.26. The topological polar surface area (TPSA) is 62.1 Å². The highest BCUT2D eigenvalue weighted by atomic mass is 35.5. The molecule has 2 aromatic carbocycles. The number of nitrogens with one attached hydrogen (secondary N) is 1. The minimum Gasteiger partial charge on any atom is -0.435 e. The third-order valence-electron chi connectivity index (χ3n) is 2.96. The molecule has 0 fully saturated rings. The number of hydrogen-bond donors (Lipinski definition) is 1. The van der Waals surface area contributed by atoms with Crippen molar-refractivity contribution in [3.63, 3.8) is 0 Å². The third kappa shape index (κ3) is 5.45. The van der Waals surface area contributed by atoms with Gasteiger partial charge in [-0.1, -0.05) is 35.3 Å². The van der Waals surface area contributed by atoms with Crippen LogP contribution in [0.4, 0.5) is 14.5 Å². The van der Waals surface area contributed by atoms with Gasteiger partial charge in [-0.3, -0.25) is 4.79 Å². The summed E-state index contributed by atoms with van der Waals surface area (Å²) >= 11 is 11.8. The summed E-state index contributed by atoms with van der Waals surface area (Å²) in [5.74, 6) is -0.708. The Morgan fingerprint density at radius 2 is 1.88 bits per heavy atom. The molecule has 0 aliphatic rings. The van der Waals surface area contributed by atoms with Crippen LogP contribution in [0.15, 0.2) is 48.0 Å². The molecule has 0 aliphatic heterocycles. The predicted octanol–water partition coefficient (Wildman–Crippen LogP) is 5.14. The molecule has 0 aromatic heterocycles. The summed E-state index contributed by atoms with van der Waals surface area (Å²) in [5, 5.41) is 12.3. The highest BCUT2D eigenvalue weighted by Gasteiger charge is 2.12. The Morgan fingerprint density at radius 3 is 2.48 bits per heavy atom. The smallest absolute Gasteiger partial charge is 0.387 e. The number of hydrogen-bond acceptors (Lipinski definition) is 3. The fraction of sp³-hybridized carbons (Fsp3) is 0.0588. The fourth-order valence-electron chi connectivity index (χ4n) is 1.84. The van der Waals surface area contributed by atoms with Gasteiger partial charge in [-0.15, -0.1) is 0 Å². The van der Waals surface area contributed by atoms with E-state index in [0.717, 1.165) is 0 Å². The highest BCUT2D eigenvalue weighted by molar-refractivity contribution is 6.36. The monoisotopic (exact) mass is 382 g/mol. The molecule has 0 unspecified atom stereocenters. The molecular weight excluding hydrogens is 373 g/mol. The molecule has 0 radical (unpaired) electrons. The van der Waals surface area contributed by atoms with E-state index >= 15 is 0 Å². The second-order valence-corrected chi connectivity index (χ2v) is 5.54. The van der Waals surface area contributed by atoms with E-state index in [2.05, 4.69) is 10.1 Å². The molecule has 2 aromatic rings. The fourth-order valence-corrected chi connectivity index (χ4v) is 2.18. The summed E-state index contributed by atoms with van der Waals surface area (Å²) in [4.78, 5) is 12.2. The molecule has 2 rings (SSSR count). The van der Waals surface area contributed by atoms with Crippen LogP contribution in [0, 0.1) is 11.3 Å². The number of halogens is 4. The van der Waals surface area contributed by atoms with Gasteiger partial charge in [0.1, 0.15) is 17.4 Å². The van der Waals surface area contributed by atoms with Gasteiger partial charge in [0, 0.05) is 5.02 Å². The van der Waals surface area contributed by atoms with E-state index in [1.54, 1.807) is 12.1 Å². The maximum atomic E-state index is 12.2. The van der Waals surface area contributed by atoms with Crippen molar-refractivity contribution in [2.24, 2.45) is 0 Å². The first-order chi connectivity index (χ1) is 11.9. The summed E-state index contributed by atoms with van der Waals surface area (Å²) < 4.78 is 28.4. The quantitative estimate of drug-likeness (QED) is 0.575. The van der Waals surface area contributed by atoms with E-state index in [0.29, 0.717) is 10.6 Å². The Labute approximate surface area is 152 Å². The van der Waals surface area contributed by atoms with Crippen molar-refractivity contribution in [3.05, 3.63) is 63.6 Å². The van der Waals surface area contributed by atoms with Gasteiger partial charge in [0.2, 0.25) is 0 Å². The third-order valence-corrected chi connectivity index (χ3v) is 3.52. The largest absolute Gasteiger partial charge is 0.435 e. The van der Waals surface area contributed by atoms with Crippen LogP contribution >= 0.6 is 23.2 Å². The van der Waals surface area contributed by atoms with Crippen molar-refractivity contribution < 1.29 is 18.3 Å². The molecule has 0 aliphatic carbocycles. The number of nitrogens with zero attached hydrogens (tertiary/aromatic N) is 1. The Hall–Kier alpha value is -2.62. The molecule has 1 N–H and O–H groups in total. The number of nitriles is 1. The average molecular weight is 383 g/mol. The maximum Gasteiger partial charge on any atom is 0.387 e. The van der Waals surface area contributed by atoms with Gasteiger partial charge < -0.3 is 10.1 Å². The number of ether oxygens (including phenoxy) is 1. The average Bonchev–Trinajstić information content (AvgIpc) is 2.57. The van der Waals surface area contributed by atoms with Crippen LogP contribution in [0.25, 0.3) is 6.08 Å². The molecule has 25 heavy (non-hydrogen) atoms. The number of carbonyl (C=O) groups excluding carboxylic acids is 1. The number of carbonyl (C=O) groups is 1. The van der Waals surface area contributed by atoms with Crippen LogP contribution in [-0.4, -0.2) is 12.5 Å². The number of rotatable bonds is 5. The van der Waals surface area contributed by atoms with Crippen molar-refractivity contribution in [2.45, 2.75) is 6.61 Å². The number of anilines is 1. The second-order valence-electron chi connectivity index (χ2n) is 4.70. The zero-order chi connectivity index (χ0) is 18.4. The zero-order valence-corrected chi connectivity index (χ0v) is 14.0. The summed E-state index contributed by atoms with van der Waals surface area (Å²) in [6, 6.07) is 11.8. The first-order valence-corrected chi connectivity index (χ1v) is 7.57. The normalized spacial score (nSPS) is 11.1. The van der Waals surface area contributed by atoms with Gasteiger partial charge in [0.25, 0.3) is 5.91 Å². The summed E-state index contributed by atoms with van der Waals surface area (Å²) in [6.45, 7) is -2.93. The van der Waals surface area contributed by atoms with Gasteiger partial charge in [-0.05, 0) is 42.0 Å². The van der Waals surface area contributed by atoms with Crippen molar-refractivity contribution in [2.75, 3.05) is 5.32 Å². The first kappa shape index (κ1) is 18.7. The van der Waals surface area contributed by atoms with Crippen molar-refractivity contribution in [3.8, 4) is 11.8 Å². The predicted molar refractivity (Wildman–Crippen MR) is 91.8 cm³/mol. The van der Waals surface area contributed by atoms with Crippen LogP contribution in [0.3, 0.4) is 0 Å². The molecule has 0 atom stereocenters. The van der Waals surface area contributed by atoms with Crippen molar-refractivity contribution in [1.29, 1.82) is 5.26 Å². The van der Waals surface area contributed by atoms with Crippen LogP contribution in [-0.2, 0) is 4.79 Å². The van der Waals surface area contributed by atoms with Gasteiger partial charge in [0.05, 0.1) is 10.7 Å². The Balaban J connectivity index is 2.17. The van der Waals surface area contributed by atoms with E-state index in [1.807, 2.05) is 0 Å². The lowest BCUT2D eigenvalue weighted by Crippen LogP contribution is -2.13. The minimum absolute atomic E-state index is 0.0270. The van der Waals surface area contributed by atoms with Gasteiger partial charge in [-0.2, -0.15) is 14.0 Å². The van der Waals surface area contributed by atoms with Crippen LogP contribution in [0.5, 0.6) is 5.75 Å². The molecule has 0 spiro atoms. The number of alkyl halides is 2. The SMILES string of the molecule is N#C/C(=C\c1ccc(OC(F)F)cc1)C(=O)Nc1cc(Cl)ccc1Cl. The van der Waals surface area contributed by atoms with Crippen molar-refractivity contribution >= 4 is 40.9 Å². The summed E-state index contributed by atoms with van der Waals surface area (Å²) in [7, 11) is 0. The summed E-state index contributed by atoms with van der Waals surface area (Å²) in [5.41, 5.74) is 0.532. The molecule has 0 saturated carbocycles. The summed E-state index contributed by atoms with van der Waals surface area (Å²) in [6.07, 6.45) is 1.31. The van der Waals surface area contributed by atoms with E-state index < -0.39 is 12.5 Å². The lowest BCUT2D eigenvalue weighted by atomic mass is 10.1. The van der Waals surface area contributed by atoms with E-state index in [9.17, 15) is 18.8 Å². The van der Waals surface area contributed by atoms with Crippen LogP contribution in [0.2, 0.25) is 10.0 Å². The Bertz CT molecular complexity index is 847. The number of benzene rings is 2. The Kier molecular flexibility index (Phi) is 6.34. The maximum absolute atomic E-state index is 12.2. The second kappa shape index (κ2) is 8.47. The molecule has 4 nitrogen and oxygen atoms in total. The van der Waals surface area contributed by atoms with Gasteiger partial charge in [0.15, 0.2) is 0 Å². The minimum atomic E-state index is -2.93. The number of amides is 1. The molecule has 0 heterocycles. The standard InChI is InChI=1S/C17H10Cl2F2N2O2/c18-12-3-6-14(19)15(8-12)23-16(24)11(9-22)7-10-1-4-13(5-2-10)25-17(20)21/h1-8,17H,(H,23,24)/b11-7+. The van der Waals surface area contributed by atoms with E-state index in [-0.39, 0.29) is 22.0 Å². The molecule has 0 bridgehead atoms. The van der Waals surface area contributed by atoms with Gasteiger partial charge >= 0.3 is 6.61 Å². The van der Waals surface area contributed by atoms with Crippen LogP contribution < -0.4 is 10.1 Å². The molecule has 0 saturated heterocycles. The Morgan fingerprint density at radius 1 is 1.20 bits per heavy atom. The molecule has 128 valence electrons. The van der Waals surface area contributed by atoms with Crippen molar-refractivity contribution in [1.82, 2.24) is 0 Å². The molecule has 8 heteroatoms. The molecule has 1 amide bonds. The van der Waals surface area contributed by atoms with E-state index in [1.165, 1.54) is 42.5 Å². The molecular formula is C17H10Cl2F2N2O2. The van der Waals surface area contributed by atoms with E-state index in [4.69, 9.17) is 23.2 Å². The lowest BCUT2D eigenvalue weighted by molar-refractivity contribution is -0.112.